The molecule has 1 aliphatic rings. The molecule has 2 aromatic carbocycles. The Kier molecular flexibility index (Phi) is 4.62. The maximum Gasteiger partial charge on any atom is 0.273 e. The van der Waals surface area contributed by atoms with Crippen LogP contribution >= 0.6 is 12.2 Å². The molecule has 4 rings (SSSR count). The summed E-state index contributed by atoms with van der Waals surface area (Å²) in [5.41, 5.74) is 2.84. The van der Waals surface area contributed by atoms with Crippen LogP contribution in [-0.2, 0) is 4.79 Å². The van der Waals surface area contributed by atoms with Crippen molar-refractivity contribution in [3.8, 4) is 22.7 Å². The summed E-state index contributed by atoms with van der Waals surface area (Å²) < 4.78 is 20.9. The van der Waals surface area contributed by atoms with E-state index in [-0.39, 0.29) is 16.8 Å². The molecule has 2 N–H and O–H groups in total. The maximum atomic E-state index is 14.2. The van der Waals surface area contributed by atoms with Crippen molar-refractivity contribution < 1.29 is 13.9 Å². The standard InChI is InChI=1S/C20H15FN4O2S/c1-27-17-8-7-12(9-15(17)21)18-13(10-16-19(26)23-20(28)22-16)11-25(24-18)14-5-3-2-4-6-14/h2-11H,1H3,(H2,22,23,26,28)/b16-10-. The number of benzene rings is 2. The molecule has 6 nitrogen and oxygen atoms in total. The van der Waals surface area contributed by atoms with Crippen molar-refractivity contribution in [1.29, 1.82) is 0 Å². The van der Waals surface area contributed by atoms with Gasteiger partial charge < -0.3 is 10.1 Å². The first-order valence-corrected chi connectivity index (χ1v) is 8.79. The van der Waals surface area contributed by atoms with E-state index in [1.54, 1.807) is 29.1 Å². The number of amides is 1. The third kappa shape index (κ3) is 3.37. The Labute approximate surface area is 165 Å². The topological polar surface area (TPSA) is 68.2 Å². The lowest BCUT2D eigenvalue weighted by atomic mass is 10.1. The average Bonchev–Trinajstić information content (AvgIpc) is 3.25. The number of ether oxygens (including phenoxy) is 1. The van der Waals surface area contributed by atoms with Crippen LogP contribution < -0.4 is 15.4 Å². The summed E-state index contributed by atoms with van der Waals surface area (Å²) in [4.78, 5) is 12.0. The number of halogens is 1. The van der Waals surface area contributed by atoms with E-state index in [1.807, 2.05) is 30.3 Å². The molecule has 1 fully saturated rings. The summed E-state index contributed by atoms with van der Waals surface area (Å²) in [6, 6.07) is 14.1. The van der Waals surface area contributed by atoms with Gasteiger partial charge in [-0.1, -0.05) is 18.2 Å². The molecule has 1 aromatic heterocycles. The van der Waals surface area contributed by atoms with Crippen LogP contribution in [0.4, 0.5) is 4.39 Å². The molecule has 0 radical (unpaired) electrons. The van der Waals surface area contributed by atoms with E-state index in [1.165, 1.54) is 13.2 Å². The third-order valence-electron chi connectivity index (χ3n) is 4.21. The number of aromatic nitrogens is 2. The van der Waals surface area contributed by atoms with Crippen molar-refractivity contribution in [1.82, 2.24) is 20.4 Å². The van der Waals surface area contributed by atoms with Gasteiger partial charge in [0.15, 0.2) is 16.7 Å². The normalized spacial score (nSPS) is 14.9. The van der Waals surface area contributed by atoms with Crippen LogP contribution in [-0.4, -0.2) is 27.9 Å². The van der Waals surface area contributed by atoms with E-state index in [2.05, 4.69) is 15.7 Å². The Hall–Kier alpha value is -3.52. The zero-order chi connectivity index (χ0) is 19.7. The van der Waals surface area contributed by atoms with Crippen molar-refractivity contribution in [2.45, 2.75) is 0 Å². The van der Waals surface area contributed by atoms with Gasteiger partial charge in [-0.3, -0.25) is 10.1 Å². The van der Waals surface area contributed by atoms with Crippen LogP contribution in [0.25, 0.3) is 23.0 Å². The Morgan fingerprint density at radius 3 is 2.61 bits per heavy atom. The van der Waals surface area contributed by atoms with E-state index in [0.29, 0.717) is 22.5 Å². The van der Waals surface area contributed by atoms with Crippen molar-refractivity contribution in [2.24, 2.45) is 0 Å². The van der Waals surface area contributed by atoms with Crippen LogP contribution in [0.15, 0.2) is 60.4 Å². The van der Waals surface area contributed by atoms with Crippen LogP contribution in [0.1, 0.15) is 5.56 Å². The van der Waals surface area contributed by atoms with Gasteiger partial charge >= 0.3 is 0 Å². The highest BCUT2D eigenvalue weighted by molar-refractivity contribution is 7.80. The van der Waals surface area contributed by atoms with Gasteiger partial charge in [-0.2, -0.15) is 5.10 Å². The van der Waals surface area contributed by atoms with Gasteiger partial charge in [0.05, 0.1) is 12.8 Å². The van der Waals surface area contributed by atoms with E-state index >= 15 is 0 Å². The molecule has 0 atom stereocenters. The lowest BCUT2D eigenvalue weighted by molar-refractivity contribution is -0.115. The van der Waals surface area contributed by atoms with Crippen LogP contribution in [0.2, 0.25) is 0 Å². The molecule has 0 saturated carbocycles. The Bertz CT molecular complexity index is 1110. The summed E-state index contributed by atoms with van der Waals surface area (Å²) >= 11 is 4.97. The molecule has 0 aliphatic carbocycles. The molecule has 0 spiro atoms. The zero-order valence-electron chi connectivity index (χ0n) is 14.8. The molecule has 0 unspecified atom stereocenters. The fraction of sp³-hybridized carbons (Fsp3) is 0.0500. The van der Waals surface area contributed by atoms with Gasteiger partial charge in [0.2, 0.25) is 0 Å². The highest BCUT2D eigenvalue weighted by atomic mass is 32.1. The SMILES string of the molecule is COc1ccc(-c2nn(-c3ccccc3)cc2/C=C2\NC(=S)NC2=O)cc1F. The second-order valence-electron chi connectivity index (χ2n) is 6.03. The molecular formula is C20H15FN4O2S. The summed E-state index contributed by atoms with van der Waals surface area (Å²) in [7, 11) is 1.41. The molecular weight excluding hydrogens is 379 g/mol. The van der Waals surface area contributed by atoms with E-state index in [0.717, 1.165) is 5.69 Å². The quantitative estimate of drug-likeness (QED) is 0.526. The van der Waals surface area contributed by atoms with Crippen molar-refractivity contribution >= 4 is 29.3 Å². The number of nitrogens with one attached hydrogen (secondary N) is 2. The lowest BCUT2D eigenvalue weighted by Crippen LogP contribution is -2.21. The highest BCUT2D eigenvalue weighted by Gasteiger charge is 2.22. The number of hydrogen-bond acceptors (Lipinski definition) is 4. The van der Waals surface area contributed by atoms with Crippen molar-refractivity contribution in [2.75, 3.05) is 7.11 Å². The Morgan fingerprint density at radius 2 is 1.96 bits per heavy atom. The van der Waals surface area contributed by atoms with Gasteiger partial charge in [0.1, 0.15) is 11.4 Å². The summed E-state index contributed by atoms with van der Waals surface area (Å²) in [6.07, 6.45) is 3.41. The Balaban J connectivity index is 1.85. The number of methoxy groups -OCH3 is 1. The molecule has 0 bridgehead atoms. The number of para-hydroxylation sites is 1. The number of thiocarbonyl (C=S) groups is 1. The summed E-state index contributed by atoms with van der Waals surface area (Å²) in [6.45, 7) is 0. The highest BCUT2D eigenvalue weighted by Crippen LogP contribution is 2.29. The third-order valence-corrected chi connectivity index (χ3v) is 4.41. The van der Waals surface area contributed by atoms with Crippen LogP contribution in [0, 0.1) is 5.82 Å². The fourth-order valence-electron chi connectivity index (χ4n) is 2.88. The van der Waals surface area contributed by atoms with Crippen molar-refractivity contribution in [3.63, 3.8) is 0 Å². The van der Waals surface area contributed by atoms with E-state index in [9.17, 15) is 9.18 Å². The minimum absolute atomic E-state index is 0.147. The number of hydrogen-bond donors (Lipinski definition) is 2. The fourth-order valence-corrected chi connectivity index (χ4v) is 3.08. The molecule has 1 amide bonds. The smallest absolute Gasteiger partial charge is 0.273 e. The molecule has 2 heterocycles. The number of nitrogens with zero attached hydrogens (tertiary/aromatic N) is 2. The van der Waals surface area contributed by atoms with E-state index < -0.39 is 5.82 Å². The predicted octanol–water partition coefficient (Wildman–Crippen LogP) is 3.03. The molecule has 140 valence electrons. The number of carbonyl (C=O) groups is 1. The minimum Gasteiger partial charge on any atom is -0.494 e. The van der Waals surface area contributed by atoms with Gasteiger partial charge in [-0.05, 0) is 48.6 Å². The average molecular weight is 394 g/mol. The van der Waals surface area contributed by atoms with Gasteiger partial charge in [0, 0.05) is 17.3 Å². The first-order chi connectivity index (χ1) is 13.5. The monoisotopic (exact) mass is 394 g/mol. The summed E-state index contributed by atoms with van der Waals surface area (Å²) in [5, 5.41) is 10.2. The second kappa shape index (κ2) is 7.24. The largest absolute Gasteiger partial charge is 0.494 e. The van der Waals surface area contributed by atoms with Gasteiger partial charge in [-0.15, -0.1) is 0 Å². The molecule has 1 saturated heterocycles. The molecule has 3 aromatic rings. The molecule has 8 heteroatoms. The minimum atomic E-state index is -0.495. The first kappa shape index (κ1) is 17.9. The number of rotatable bonds is 4. The first-order valence-electron chi connectivity index (χ1n) is 8.38. The molecule has 28 heavy (non-hydrogen) atoms. The number of carbonyl (C=O) groups excluding carboxylic acids is 1. The van der Waals surface area contributed by atoms with Crippen LogP contribution in [0.5, 0.6) is 5.75 Å². The van der Waals surface area contributed by atoms with Gasteiger partial charge in [0.25, 0.3) is 5.91 Å². The second-order valence-corrected chi connectivity index (χ2v) is 6.44. The van der Waals surface area contributed by atoms with Crippen LogP contribution in [0.3, 0.4) is 0 Å². The maximum absolute atomic E-state index is 14.2. The Morgan fingerprint density at radius 1 is 1.18 bits per heavy atom. The summed E-state index contributed by atoms with van der Waals surface area (Å²) in [5.74, 6) is -0.677. The lowest BCUT2D eigenvalue weighted by Gasteiger charge is -2.04. The van der Waals surface area contributed by atoms with E-state index in [4.69, 9.17) is 17.0 Å². The van der Waals surface area contributed by atoms with Gasteiger partial charge in [-0.25, -0.2) is 9.07 Å². The zero-order valence-corrected chi connectivity index (χ0v) is 15.6. The predicted molar refractivity (Wildman–Crippen MR) is 107 cm³/mol. The van der Waals surface area contributed by atoms with Crippen molar-refractivity contribution in [3.05, 3.63) is 71.8 Å². The molecule has 1 aliphatic heterocycles.